The zero-order valence-corrected chi connectivity index (χ0v) is 11.5. The summed E-state index contributed by atoms with van der Waals surface area (Å²) < 4.78 is 0. The largest absolute Gasteiger partial charge is 0.478 e. The minimum absolute atomic E-state index is 0.197. The first-order chi connectivity index (χ1) is 10.1. The first-order valence-corrected chi connectivity index (χ1v) is 6.32. The van der Waals surface area contributed by atoms with Gasteiger partial charge in [-0.15, -0.1) is 0 Å². The minimum Gasteiger partial charge on any atom is -0.478 e. The molecule has 0 fully saturated rings. The first kappa shape index (κ1) is 14.5. The molecule has 1 aromatic heterocycles. The van der Waals surface area contributed by atoms with Crippen molar-refractivity contribution in [3.8, 4) is 0 Å². The number of carboxylic acid groups (broad SMARTS) is 1. The number of aromatic nitrogens is 1. The highest BCUT2D eigenvalue weighted by atomic mass is 16.4. The Morgan fingerprint density at radius 1 is 1.29 bits per heavy atom. The van der Waals surface area contributed by atoms with E-state index >= 15 is 0 Å². The fraction of sp³-hybridized carbons (Fsp3) is 0.133. The van der Waals surface area contributed by atoms with Gasteiger partial charge in [0, 0.05) is 19.8 Å². The molecule has 2 N–H and O–H groups in total. The Kier molecular flexibility index (Phi) is 4.50. The Bertz CT molecular complexity index is 644. The maximum absolute atomic E-state index is 12.0. The topological polar surface area (TPSA) is 82.5 Å². The number of benzene rings is 1. The van der Waals surface area contributed by atoms with Crippen LogP contribution in [-0.2, 0) is 6.54 Å². The van der Waals surface area contributed by atoms with Crippen LogP contribution in [0.1, 0.15) is 15.9 Å². The molecule has 1 heterocycles. The van der Waals surface area contributed by atoms with Crippen LogP contribution in [-0.4, -0.2) is 29.1 Å². The van der Waals surface area contributed by atoms with Gasteiger partial charge in [0.1, 0.15) is 0 Å². The van der Waals surface area contributed by atoms with Crippen molar-refractivity contribution in [2.24, 2.45) is 0 Å². The molecule has 2 aromatic rings. The SMILES string of the molecule is CN(C(=O)NCc1cccc(C(=O)O)c1)c1cccnc1. The van der Waals surface area contributed by atoms with Crippen molar-refractivity contribution in [3.63, 3.8) is 0 Å². The van der Waals surface area contributed by atoms with Gasteiger partial charge in [0.25, 0.3) is 0 Å². The number of aromatic carboxylic acids is 1. The number of urea groups is 1. The number of anilines is 1. The van der Waals surface area contributed by atoms with Crippen LogP contribution in [0.25, 0.3) is 0 Å². The number of rotatable bonds is 4. The maximum Gasteiger partial charge on any atom is 0.335 e. The monoisotopic (exact) mass is 285 g/mol. The highest BCUT2D eigenvalue weighted by Gasteiger charge is 2.10. The molecule has 0 spiro atoms. The van der Waals surface area contributed by atoms with Crippen molar-refractivity contribution in [2.75, 3.05) is 11.9 Å². The van der Waals surface area contributed by atoms with Crippen molar-refractivity contribution in [1.82, 2.24) is 10.3 Å². The molecule has 21 heavy (non-hydrogen) atoms. The molecule has 0 aliphatic rings. The van der Waals surface area contributed by atoms with Crippen molar-refractivity contribution in [2.45, 2.75) is 6.54 Å². The lowest BCUT2D eigenvalue weighted by molar-refractivity contribution is 0.0696. The summed E-state index contributed by atoms with van der Waals surface area (Å²) in [5, 5.41) is 11.7. The summed E-state index contributed by atoms with van der Waals surface area (Å²) in [5.41, 5.74) is 1.60. The average molecular weight is 285 g/mol. The second-order valence-electron chi connectivity index (χ2n) is 4.43. The van der Waals surface area contributed by atoms with E-state index in [9.17, 15) is 9.59 Å². The molecule has 0 aliphatic carbocycles. The van der Waals surface area contributed by atoms with E-state index < -0.39 is 5.97 Å². The van der Waals surface area contributed by atoms with E-state index in [0.29, 0.717) is 5.69 Å². The Morgan fingerprint density at radius 2 is 2.10 bits per heavy atom. The zero-order valence-electron chi connectivity index (χ0n) is 11.5. The molecule has 1 aromatic carbocycles. The third-order valence-corrected chi connectivity index (χ3v) is 2.96. The van der Waals surface area contributed by atoms with E-state index in [2.05, 4.69) is 10.3 Å². The number of nitrogens with zero attached hydrogens (tertiary/aromatic N) is 2. The summed E-state index contributed by atoms with van der Waals surface area (Å²) in [7, 11) is 1.64. The maximum atomic E-state index is 12.0. The molecule has 2 amide bonds. The molecule has 6 nitrogen and oxygen atoms in total. The molecular formula is C15H15N3O3. The third-order valence-electron chi connectivity index (χ3n) is 2.96. The van der Waals surface area contributed by atoms with Crippen molar-refractivity contribution in [1.29, 1.82) is 0 Å². The average Bonchev–Trinajstić information content (AvgIpc) is 2.53. The lowest BCUT2D eigenvalue weighted by atomic mass is 10.1. The van der Waals surface area contributed by atoms with Gasteiger partial charge >= 0.3 is 12.0 Å². The van der Waals surface area contributed by atoms with Gasteiger partial charge in [-0.1, -0.05) is 12.1 Å². The minimum atomic E-state index is -0.990. The highest BCUT2D eigenvalue weighted by molar-refractivity contribution is 5.91. The standard InChI is InChI=1S/C15H15N3O3/c1-18(13-6-3-7-16-10-13)15(21)17-9-11-4-2-5-12(8-11)14(19)20/h2-8,10H,9H2,1H3,(H,17,21)(H,19,20). The Labute approximate surface area is 122 Å². The number of amides is 2. The van der Waals surface area contributed by atoms with Crippen molar-refractivity contribution < 1.29 is 14.7 Å². The smallest absolute Gasteiger partial charge is 0.335 e. The third kappa shape index (κ3) is 3.79. The molecular weight excluding hydrogens is 270 g/mol. The van der Waals surface area contributed by atoms with Gasteiger partial charge in [0.05, 0.1) is 17.4 Å². The Hall–Kier alpha value is -2.89. The van der Waals surface area contributed by atoms with Gasteiger partial charge in [-0.25, -0.2) is 9.59 Å². The van der Waals surface area contributed by atoms with Gasteiger partial charge in [0.2, 0.25) is 0 Å². The van der Waals surface area contributed by atoms with Gasteiger partial charge in [-0.2, -0.15) is 0 Å². The fourth-order valence-electron chi connectivity index (χ4n) is 1.78. The second-order valence-corrected chi connectivity index (χ2v) is 4.43. The molecule has 108 valence electrons. The molecule has 0 bridgehead atoms. The molecule has 0 atom stereocenters. The van der Waals surface area contributed by atoms with Gasteiger partial charge in [0.15, 0.2) is 0 Å². The van der Waals surface area contributed by atoms with E-state index in [1.165, 1.54) is 17.0 Å². The van der Waals surface area contributed by atoms with Gasteiger partial charge < -0.3 is 10.4 Å². The summed E-state index contributed by atoms with van der Waals surface area (Å²) in [6.45, 7) is 0.255. The molecule has 0 aliphatic heterocycles. The van der Waals surface area contributed by atoms with E-state index in [0.717, 1.165) is 5.56 Å². The number of carbonyl (C=O) groups is 2. The van der Waals surface area contributed by atoms with Crippen LogP contribution in [0.5, 0.6) is 0 Å². The number of pyridine rings is 1. The predicted molar refractivity (Wildman–Crippen MR) is 78.3 cm³/mol. The quantitative estimate of drug-likeness (QED) is 0.901. The van der Waals surface area contributed by atoms with Crippen LogP contribution < -0.4 is 10.2 Å². The van der Waals surface area contributed by atoms with Crippen LogP contribution in [0.4, 0.5) is 10.5 Å². The fourth-order valence-corrected chi connectivity index (χ4v) is 1.78. The lowest BCUT2D eigenvalue weighted by Gasteiger charge is -2.17. The zero-order chi connectivity index (χ0) is 15.2. The Morgan fingerprint density at radius 3 is 2.76 bits per heavy atom. The molecule has 2 rings (SSSR count). The summed E-state index contributed by atoms with van der Waals surface area (Å²) in [4.78, 5) is 28.3. The van der Waals surface area contributed by atoms with E-state index in [-0.39, 0.29) is 18.1 Å². The summed E-state index contributed by atoms with van der Waals surface area (Å²) in [6.07, 6.45) is 3.22. The molecule has 0 saturated carbocycles. The predicted octanol–water partition coefficient (Wildman–Crippen LogP) is 2.13. The van der Waals surface area contributed by atoms with Gasteiger partial charge in [-0.3, -0.25) is 9.88 Å². The summed E-state index contributed by atoms with van der Waals surface area (Å²) in [5.74, 6) is -0.990. The number of hydrogen-bond donors (Lipinski definition) is 2. The number of carbonyl (C=O) groups excluding carboxylic acids is 1. The van der Waals surface area contributed by atoms with Gasteiger partial charge in [-0.05, 0) is 29.8 Å². The normalized spacial score (nSPS) is 9.95. The summed E-state index contributed by atoms with van der Waals surface area (Å²) in [6, 6.07) is 9.69. The van der Waals surface area contributed by atoms with Crippen LogP contribution in [0.15, 0.2) is 48.8 Å². The van der Waals surface area contributed by atoms with Crippen molar-refractivity contribution >= 4 is 17.7 Å². The number of hydrogen-bond acceptors (Lipinski definition) is 3. The number of nitrogens with one attached hydrogen (secondary N) is 1. The molecule has 0 saturated heterocycles. The lowest BCUT2D eigenvalue weighted by Crippen LogP contribution is -2.36. The summed E-state index contributed by atoms with van der Waals surface area (Å²) >= 11 is 0. The van der Waals surface area contributed by atoms with E-state index in [1.807, 2.05) is 0 Å². The van der Waals surface area contributed by atoms with Crippen LogP contribution >= 0.6 is 0 Å². The molecule has 0 radical (unpaired) electrons. The van der Waals surface area contributed by atoms with Crippen LogP contribution in [0.3, 0.4) is 0 Å². The van der Waals surface area contributed by atoms with E-state index in [1.54, 1.807) is 43.7 Å². The van der Waals surface area contributed by atoms with Crippen LogP contribution in [0, 0.1) is 0 Å². The van der Waals surface area contributed by atoms with Crippen LogP contribution in [0.2, 0.25) is 0 Å². The first-order valence-electron chi connectivity index (χ1n) is 6.32. The second kappa shape index (κ2) is 6.51. The van der Waals surface area contributed by atoms with E-state index in [4.69, 9.17) is 5.11 Å². The van der Waals surface area contributed by atoms with Crippen molar-refractivity contribution in [3.05, 3.63) is 59.9 Å². The molecule has 6 heteroatoms. The Balaban J connectivity index is 1.98. The number of carboxylic acids is 1. The highest BCUT2D eigenvalue weighted by Crippen LogP contribution is 2.10. The molecule has 0 unspecified atom stereocenters.